The van der Waals surface area contributed by atoms with Crippen LogP contribution in [0.3, 0.4) is 0 Å². The van der Waals surface area contributed by atoms with Gasteiger partial charge in [0.1, 0.15) is 17.0 Å². The Hall–Kier alpha value is -8.48. The first-order chi connectivity index (χ1) is 32.2. The quantitative estimate of drug-likeness (QED) is 0.137. The van der Waals surface area contributed by atoms with Crippen molar-refractivity contribution >= 4 is 43.7 Å². The lowest BCUT2D eigenvalue weighted by molar-refractivity contribution is 0.669. The summed E-state index contributed by atoms with van der Waals surface area (Å²) in [5.74, 6) is 2.06. The second kappa shape index (κ2) is 16.3. The van der Waals surface area contributed by atoms with Gasteiger partial charge < -0.3 is 8.98 Å². The van der Waals surface area contributed by atoms with Crippen LogP contribution in [0.2, 0.25) is 0 Å². The zero-order valence-corrected chi connectivity index (χ0v) is 35.5. The van der Waals surface area contributed by atoms with Crippen LogP contribution in [0.25, 0.3) is 99.9 Å². The van der Waals surface area contributed by atoms with Crippen LogP contribution in [-0.4, -0.2) is 24.5 Å². The molecule has 12 aromatic rings. The normalized spacial score (nSPS) is 11.6. The lowest BCUT2D eigenvalue weighted by Gasteiger charge is -2.17. The fraction of sp³-hybridized carbons (Fsp3) is 0.0508. The Labute approximate surface area is 376 Å². The van der Waals surface area contributed by atoms with E-state index in [0.717, 1.165) is 89.0 Å². The highest BCUT2D eigenvalue weighted by atomic mass is 16.3. The molecule has 65 heavy (non-hydrogen) atoms. The van der Waals surface area contributed by atoms with Crippen molar-refractivity contribution in [2.45, 2.75) is 19.4 Å². The summed E-state index contributed by atoms with van der Waals surface area (Å²) in [5, 5.41) is 4.64. The number of hydrogen-bond donors (Lipinski definition) is 0. The minimum absolute atomic E-state index is 0.568. The van der Waals surface area contributed by atoms with Crippen LogP contribution < -0.4 is 0 Å². The maximum absolute atomic E-state index is 6.40. The molecule has 4 heterocycles. The highest BCUT2D eigenvalue weighted by Crippen LogP contribution is 2.41. The SMILES string of the molecule is c1ccc(-c2ccc(-c3ccccc3)c(-c3cnc(Cn4c5ccccc5c5c6c(ccc54)oc4ccccc46)c(CCc4nc(-c5ccccc5)nc(-c5ccccc5)n4)c3)c2)cc1. The van der Waals surface area contributed by atoms with Crippen molar-refractivity contribution < 1.29 is 4.42 Å². The van der Waals surface area contributed by atoms with Crippen LogP contribution in [0.15, 0.2) is 217 Å². The topological polar surface area (TPSA) is 69.6 Å². The van der Waals surface area contributed by atoms with Crippen molar-refractivity contribution in [3.63, 3.8) is 0 Å². The molecule has 0 saturated heterocycles. The Morgan fingerprint density at radius 3 is 1.72 bits per heavy atom. The number of aromatic nitrogens is 5. The number of furan rings is 1. The Morgan fingerprint density at radius 1 is 0.400 bits per heavy atom. The van der Waals surface area contributed by atoms with Crippen LogP contribution in [0, 0.1) is 0 Å². The molecular formula is C59H41N5O. The molecule has 0 saturated carbocycles. The van der Waals surface area contributed by atoms with E-state index >= 15 is 0 Å². The molecular weight excluding hydrogens is 795 g/mol. The van der Waals surface area contributed by atoms with Crippen molar-refractivity contribution in [2.75, 3.05) is 0 Å². The van der Waals surface area contributed by atoms with Gasteiger partial charge in [-0.1, -0.05) is 170 Å². The molecule has 0 spiro atoms. The van der Waals surface area contributed by atoms with Gasteiger partial charge in [-0.15, -0.1) is 0 Å². The third-order valence-corrected chi connectivity index (χ3v) is 12.5. The average molecular weight is 836 g/mol. The van der Waals surface area contributed by atoms with Gasteiger partial charge in [-0.3, -0.25) is 4.98 Å². The number of nitrogens with zero attached hydrogens (tertiary/aromatic N) is 5. The van der Waals surface area contributed by atoms with Crippen molar-refractivity contribution in [1.29, 1.82) is 0 Å². The Morgan fingerprint density at radius 2 is 1.02 bits per heavy atom. The zero-order chi connectivity index (χ0) is 43.1. The lowest BCUT2D eigenvalue weighted by Crippen LogP contribution is -2.09. The molecule has 0 radical (unpaired) electrons. The van der Waals surface area contributed by atoms with Gasteiger partial charge >= 0.3 is 0 Å². The molecule has 0 N–H and O–H groups in total. The van der Waals surface area contributed by atoms with Gasteiger partial charge in [-0.25, -0.2) is 15.0 Å². The highest BCUT2D eigenvalue weighted by Gasteiger charge is 2.21. The maximum atomic E-state index is 6.40. The largest absolute Gasteiger partial charge is 0.456 e. The van der Waals surface area contributed by atoms with E-state index < -0.39 is 0 Å². The maximum Gasteiger partial charge on any atom is 0.163 e. The standard InChI is InChI=1S/C59H41N5O/c1-5-17-39(18-6-1)43-29-31-46(40-19-7-2-8-20-40)49(36-43)45-35-44(30-34-55-61-58(41-21-9-3-10-22-41)63-59(62-55)42-23-11-4-12-24-42)50(60-37-45)38-64-51-27-15-13-25-47(51)56-52(64)32-33-54-57(56)48-26-14-16-28-53(48)65-54/h1-29,31-33,35-37H,30,34,38H2. The van der Waals surface area contributed by atoms with Crippen LogP contribution in [0.5, 0.6) is 0 Å². The number of hydrogen-bond acceptors (Lipinski definition) is 5. The number of pyridine rings is 1. The van der Waals surface area contributed by atoms with E-state index in [2.05, 4.69) is 175 Å². The van der Waals surface area contributed by atoms with Crippen LogP contribution >= 0.6 is 0 Å². The minimum atomic E-state index is 0.568. The summed E-state index contributed by atoms with van der Waals surface area (Å²) in [5.41, 5.74) is 14.9. The lowest BCUT2D eigenvalue weighted by atomic mass is 9.90. The molecule has 0 aliphatic carbocycles. The molecule has 0 aliphatic heterocycles. The zero-order valence-electron chi connectivity index (χ0n) is 35.5. The number of benzene rings is 8. The fourth-order valence-corrected chi connectivity index (χ4v) is 9.39. The molecule has 0 bridgehead atoms. The summed E-state index contributed by atoms with van der Waals surface area (Å²) < 4.78 is 8.82. The Kier molecular flexibility index (Phi) is 9.60. The second-order valence-corrected chi connectivity index (χ2v) is 16.5. The first-order valence-electron chi connectivity index (χ1n) is 22.1. The van der Waals surface area contributed by atoms with Crippen molar-refractivity contribution in [1.82, 2.24) is 24.5 Å². The molecule has 0 amide bonds. The smallest absolute Gasteiger partial charge is 0.163 e. The molecule has 4 aromatic heterocycles. The number of fused-ring (bicyclic) bond motifs is 7. The Balaban J connectivity index is 1.03. The number of para-hydroxylation sites is 2. The van der Waals surface area contributed by atoms with E-state index in [1.165, 1.54) is 16.3 Å². The molecule has 0 unspecified atom stereocenters. The van der Waals surface area contributed by atoms with Gasteiger partial charge in [0, 0.05) is 56.4 Å². The summed E-state index contributed by atoms with van der Waals surface area (Å²) in [4.78, 5) is 20.6. The molecule has 8 aromatic carbocycles. The minimum Gasteiger partial charge on any atom is -0.456 e. The molecule has 6 heteroatoms. The predicted octanol–water partition coefficient (Wildman–Crippen LogP) is 14.4. The van der Waals surface area contributed by atoms with Gasteiger partial charge in [0.15, 0.2) is 11.6 Å². The van der Waals surface area contributed by atoms with E-state index in [4.69, 9.17) is 24.4 Å². The summed E-state index contributed by atoms with van der Waals surface area (Å²) in [7, 11) is 0. The fourth-order valence-electron chi connectivity index (χ4n) is 9.39. The second-order valence-electron chi connectivity index (χ2n) is 16.5. The van der Waals surface area contributed by atoms with E-state index in [9.17, 15) is 0 Å². The highest BCUT2D eigenvalue weighted by molar-refractivity contribution is 6.27. The third-order valence-electron chi connectivity index (χ3n) is 12.5. The first kappa shape index (κ1) is 38.2. The van der Waals surface area contributed by atoms with Gasteiger partial charge in [0.25, 0.3) is 0 Å². The number of aryl methyl sites for hydroxylation is 2. The van der Waals surface area contributed by atoms with Gasteiger partial charge in [-0.2, -0.15) is 0 Å². The van der Waals surface area contributed by atoms with Gasteiger partial charge in [-0.05, 0) is 76.2 Å². The predicted molar refractivity (Wildman–Crippen MR) is 264 cm³/mol. The molecule has 12 rings (SSSR count). The summed E-state index contributed by atoms with van der Waals surface area (Å²) in [6.07, 6.45) is 3.31. The monoisotopic (exact) mass is 835 g/mol. The number of rotatable bonds is 10. The summed E-state index contributed by atoms with van der Waals surface area (Å²) in [6.45, 7) is 0.568. The van der Waals surface area contributed by atoms with Crippen LogP contribution in [0.1, 0.15) is 17.1 Å². The summed E-state index contributed by atoms with van der Waals surface area (Å²) >= 11 is 0. The molecule has 0 fully saturated rings. The van der Waals surface area contributed by atoms with Crippen LogP contribution in [-0.2, 0) is 19.4 Å². The van der Waals surface area contributed by atoms with Crippen LogP contribution in [0.4, 0.5) is 0 Å². The Bertz CT molecular complexity index is 3620. The van der Waals surface area contributed by atoms with Gasteiger partial charge in [0.05, 0.1) is 17.8 Å². The summed E-state index contributed by atoms with van der Waals surface area (Å²) in [6, 6.07) is 72.1. The molecule has 308 valence electrons. The third kappa shape index (κ3) is 7.11. The van der Waals surface area contributed by atoms with E-state index in [0.29, 0.717) is 31.0 Å². The van der Waals surface area contributed by atoms with Crippen molar-refractivity contribution in [2.24, 2.45) is 0 Å². The van der Waals surface area contributed by atoms with Gasteiger partial charge in [0.2, 0.25) is 0 Å². The van der Waals surface area contributed by atoms with E-state index in [1.54, 1.807) is 0 Å². The molecule has 0 aliphatic rings. The average Bonchev–Trinajstić information content (AvgIpc) is 3.92. The molecule has 6 nitrogen and oxygen atoms in total. The van der Waals surface area contributed by atoms with Crippen molar-refractivity contribution in [3.05, 3.63) is 230 Å². The van der Waals surface area contributed by atoms with Crippen molar-refractivity contribution in [3.8, 4) is 56.2 Å². The molecule has 0 atom stereocenters. The van der Waals surface area contributed by atoms with E-state index in [-0.39, 0.29) is 0 Å². The first-order valence-corrected chi connectivity index (χ1v) is 22.1. The van der Waals surface area contributed by atoms with E-state index in [1.807, 2.05) is 42.5 Å².